The minimum atomic E-state index is -0.338. The molecule has 3 aliphatic rings. The van der Waals surface area contributed by atoms with E-state index in [0.717, 1.165) is 50.0 Å². The van der Waals surface area contributed by atoms with E-state index in [1.807, 2.05) is 45.0 Å². The molecule has 38 heavy (non-hydrogen) atoms. The average molecular weight is 534 g/mol. The van der Waals surface area contributed by atoms with Crippen LogP contribution >= 0.6 is 11.8 Å². The van der Waals surface area contributed by atoms with Gasteiger partial charge in [0.15, 0.2) is 0 Å². The molecule has 0 aliphatic carbocycles. The number of hydrogen-bond acceptors (Lipinski definition) is 4. The lowest BCUT2D eigenvalue weighted by molar-refractivity contribution is -0.137. The number of carbonyl (C=O) groups excluding carboxylic acids is 3. The first kappa shape index (κ1) is 26.8. The second-order valence-corrected chi connectivity index (χ2v) is 12.7. The fourth-order valence-electron chi connectivity index (χ4n) is 6.28. The smallest absolute Gasteiger partial charge is 0.237 e. The quantitative estimate of drug-likeness (QED) is 0.500. The molecule has 3 aliphatic heterocycles. The lowest BCUT2D eigenvalue weighted by Gasteiger charge is -2.47. The number of piperidine rings is 1. The summed E-state index contributed by atoms with van der Waals surface area (Å²) in [5.74, 6) is 0.766. The highest BCUT2D eigenvalue weighted by Crippen LogP contribution is 2.47. The number of thioether (sulfide) groups is 1. The molecular weight excluding hydrogens is 494 g/mol. The molecule has 6 nitrogen and oxygen atoms in total. The van der Waals surface area contributed by atoms with Crippen molar-refractivity contribution in [1.29, 1.82) is 0 Å². The van der Waals surface area contributed by atoms with Crippen molar-refractivity contribution < 1.29 is 14.4 Å². The molecule has 0 radical (unpaired) electrons. The van der Waals surface area contributed by atoms with Gasteiger partial charge in [-0.1, -0.05) is 62.4 Å². The van der Waals surface area contributed by atoms with Crippen LogP contribution in [-0.4, -0.2) is 59.0 Å². The minimum Gasteiger partial charge on any atom is -0.343 e. The molecule has 7 heteroatoms. The van der Waals surface area contributed by atoms with Crippen molar-refractivity contribution in [3.63, 3.8) is 0 Å². The number of hydrogen-bond donors (Lipinski definition) is 0. The number of para-hydroxylation sites is 1. The average Bonchev–Trinajstić information content (AvgIpc) is 3.23. The van der Waals surface area contributed by atoms with Gasteiger partial charge in [0.25, 0.3) is 0 Å². The van der Waals surface area contributed by atoms with Gasteiger partial charge >= 0.3 is 0 Å². The molecule has 202 valence electrons. The van der Waals surface area contributed by atoms with Gasteiger partial charge in [0.2, 0.25) is 17.7 Å². The number of amides is 3. The van der Waals surface area contributed by atoms with Crippen LogP contribution in [0.4, 0.5) is 5.69 Å². The number of benzene rings is 2. The predicted octanol–water partition coefficient (Wildman–Crippen LogP) is 5.38. The van der Waals surface area contributed by atoms with Gasteiger partial charge in [0, 0.05) is 50.6 Å². The zero-order chi connectivity index (χ0) is 26.9. The maximum absolute atomic E-state index is 13.5. The molecule has 2 unspecified atom stereocenters. The van der Waals surface area contributed by atoms with E-state index < -0.39 is 0 Å². The Bertz CT molecular complexity index is 1180. The van der Waals surface area contributed by atoms with Gasteiger partial charge in [0.05, 0.1) is 5.25 Å². The largest absolute Gasteiger partial charge is 0.343 e. The number of nitrogens with zero attached hydrogens (tertiary/aromatic N) is 3. The second-order valence-electron chi connectivity index (χ2n) is 11.4. The van der Waals surface area contributed by atoms with E-state index in [-0.39, 0.29) is 40.2 Å². The van der Waals surface area contributed by atoms with Crippen LogP contribution in [0.1, 0.15) is 69.4 Å². The maximum Gasteiger partial charge on any atom is 0.237 e. The zero-order valence-electron chi connectivity index (χ0n) is 22.8. The Morgan fingerprint density at radius 3 is 2.32 bits per heavy atom. The summed E-state index contributed by atoms with van der Waals surface area (Å²) in [4.78, 5) is 45.0. The van der Waals surface area contributed by atoms with Crippen molar-refractivity contribution in [2.75, 3.05) is 31.1 Å². The molecule has 1 spiro atoms. The molecule has 2 aromatic carbocycles. The van der Waals surface area contributed by atoms with Gasteiger partial charge in [0.1, 0.15) is 5.37 Å². The summed E-state index contributed by atoms with van der Waals surface area (Å²) < 4.78 is 0. The lowest BCUT2D eigenvalue weighted by atomic mass is 9.68. The third kappa shape index (κ3) is 5.22. The first-order chi connectivity index (χ1) is 18.3. The Balaban J connectivity index is 1.25. The standard InChI is InChI=1S/C31H39N3O3S/c1-22(2)13-17-34-29(37)27(38-30(34)24-9-5-4-6-10-24)21-28(36)32-18-14-31(15-19-32)16-20-33(23(3)35)26-12-8-7-11-25(26)31/h4-12,22,27,30H,13-21H2,1-3H3. The summed E-state index contributed by atoms with van der Waals surface area (Å²) in [5.41, 5.74) is 3.39. The summed E-state index contributed by atoms with van der Waals surface area (Å²) in [7, 11) is 0. The molecule has 0 N–H and O–H groups in total. The Morgan fingerprint density at radius 1 is 0.974 bits per heavy atom. The highest BCUT2D eigenvalue weighted by Gasteiger charge is 2.45. The second kappa shape index (κ2) is 11.1. The third-order valence-electron chi connectivity index (χ3n) is 8.56. The van der Waals surface area contributed by atoms with E-state index >= 15 is 0 Å². The molecule has 3 amide bonds. The van der Waals surface area contributed by atoms with E-state index in [0.29, 0.717) is 19.0 Å². The first-order valence-electron chi connectivity index (χ1n) is 14.0. The maximum atomic E-state index is 13.5. The first-order valence-corrected chi connectivity index (χ1v) is 14.9. The minimum absolute atomic E-state index is 0.00327. The highest BCUT2D eigenvalue weighted by atomic mass is 32.2. The Labute approximate surface area is 230 Å². The van der Waals surface area contributed by atoms with Crippen molar-refractivity contribution in [2.24, 2.45) is 5.92 Å². The SMILES string of the molecule is CC(=O)N1CCC2(CCN(C(=O)CC3SC(c4ccccc4)N(CCC(C)C)C3=O)CC2)c2ccccc21. The molecule has 2 atom stereocenters. The van der Waals surface area contributed by atoms with Crippen LogP contribution in [0.25, 0.3) is 0 Å². The van der Waals surface area contributed by atoms with Gasteiger partial charge in [-0.25, -0.2) is 0 Å². The van der Waals surface area contributed by atoms with Crippen LogP contribution in [0.2, 0.25) is 0 Å². The van der Waals surface area contributed by atoms with E-state index in [1.54, 1.807) is 18.7 Å². The Morgan fingerprint density at radius 2 is 1.63 bits per heavy atom. The van der Waals surface area contributed by atoms with Crippen molar-refractivity contribution >= 4 is 35.2 Å². The summed E-state index contributed by atoms with van der Waals surface area (Å²) in [6.07, 6.45) is 3.91. The van der Waals surface area contributed by atoms with Crippen molar-refractivity contribution in [3.05, 3.63) is 65.7 Å². The van der Waals surface area contributed by atoms with E-state index in [9.17, 15) is 14.4 Å². The van der Waals surface area contributed by atoms with Gasteiger partial charge in [-0.05, 0) is 48.8 Å². The number of likely N-dealkylation sites (tertiary alicyclic amines) is 1. The third-order valence-corrected chi connectivity index (χ3v) is 10.0. The molecule has 3 heterocycles. The van der Waals surface area contributed by atoms with E-state index in [2.05, 4.69) is 38.1 Å². The molecule has 2 fully saturated rings. The molecule has 5 rings (SSSR count). The van der Waals surface area contributed by atoms with Gasteiger partial charge < -0.3 is 14.7 Å². The Kier molecular flexibility index (Phi) is 7.85. The van der Waals surface area contributed by atoms with Crippen molar-refractivity contribution in [1.82, 2.24) is 9.80 Å². The molecule has 0 saturated carbocycles. The van der Waals surface area contributed by atoms with Crippen LogP contribution in [-0.2, 0) is 19.8 Å². The normalized spacial score (nSPS) is 22.7. The highest BCUT2D eigenvalue weighted by molar-refractivity contribution is 8.01. The van der Waals surface area contributed by atoms with Gasteiger partial charge in [-0.2, -0.15) is 0 Å². The summed E-state index contributed by atoms with van der Waals surface area (Å²) >= 11 is 1.63. The number of rotatable bonds is 6. The van der Waals surface area contributed by atoms with Crippen molar-refractivity contribution in [2.45, 2.75) is 68.9 Å². The predicted molar refractivity (Wildman–Crippen MR) is 153 cm³/mol. The molecule has 2 aromatic rings. The molecule has 2 saturated heterocycles. The van der Waals surface area contributed by atoms with E-state index in [4.69, 9.17) is 0 Å². The van der Waals surface area contributed by atoms with Crippen molar-refractivity contribution in [3.8, 4) is 0 Å². The van der Waals surface area contributed by atoms with Crippen LogP contribution in [0.15, 0.2) is 54.6 Å². The van der Waals surface area contributed by atoms with E-state index in [1.165, 1.54) is 5.56 Å². The zero-order valence-corrected chi connectivity index (χ0v) is 23.6. The fraction of sp³-hybridized carbons (Fsp3) is 0.516. The molecule has 0 aromatic heterocycles. The number of carbonyl (C=O) groups is 3. The summed E-state index contributed by atoms with van der Waals surface area (Å²) in [6, 6.07) is 18.4. The van der Waals surface area contributed by atoms with Gasteiger partial charge in [-0.15, -0.1) is 11.8 Å². The lowest BCUT2D eigenvalue weighted by Crippen LogP contribution is -2.50. The Hall–Kier alpha value is -2.80. The van der Waals surface area contributed by atoms with Gasteiger partial charge in [-0.3, -0.25) is 14.4 Å². The van der Waals surface area contributed by atoms with Crippen LogP contribution in [0.5, 0.6) is 0 Å². The number of fused-ring (bicyclic) bond motifs is 2. The molecule has 0 bridgehead atoms. The van der Waals surface area contributed by atoms with Crippen LogP contribution in [0.3, 0.4) is 0 Å². The summed E-state index contributed by atoms with van der Waals surface area (Å²) in [6.45, 7) is 8.81. The molecular formula is C31H39N3O3S. The fourth-order valence-corrected chi connectivity index (χ4v) is 7.75. The van der Waals surface area contributed by atoms with Crippen LogP contribution < -0.4 is 4.90 Å². The topological polar surface area (TPSA) is 60.9 Å². The number of anilines is 1. The summed E-state index contributed by atoms with van der Waals surface area (Å²) in [5, 5.41) is -0.372. The monoisotopic (exact) mass is 533 g/mol. The van der Waals surface area contributed by atoms with Crippen LogP contribution in [0, 0.1) is 5.92 Å².